The molecule has 1 unspecified atom stereocenters. The molecule has 0 saturated carbocycles. The van der Waals surface area contributed by atoms with Crippen LogP contribution in [0.1, 0.15) is 0 Å². The largest absolute Gasteiger partial charge is 0.481 e. The first-order chi connectivity index (χ1) is 11.7. The number of benzene rings is 1. The van der Waals surface area contributed by atoms with Gasteiger partial charge in [-0.15, -0.1) is 0 Å². The predicted octanol–water partition coefficient (Wildman–Crippen LogP) is 0.785. The molecule has 2 heterocycles. The number of halogens is 3. The minimum Gasteiger partial charge on any atom is -0.481 e. The number of fused-ring (bicyclic) bond motifs is 1. The number of amides is 3. The Bertz CT molecular complexity index is 752. The third-order valence-corrected chi connectivity index (χ3v) is 3.66. The van der Waals surface area contributed by atoms with E-state index < -0.39 is 43.3 Å². The Kier molecular flexibility index (Phi) is 3.93. The van der Waals surface area contributed by atoms with E-state index in [1.54, 1.807) is 0 Å². The van der Waals surface area contributed by atoms with Crippen LogP contribution >= 0.6 is 0 Å². The molecule has 0 radical (unpaired) electrons. The zero-order chi connectivity index (χ0) is 18.4. The molecule has 25 heavy (non-hydrogen) atoms. The Morgan fingerprint density at radius 3 is 2.64 bits per heavy atom. The zero-order valence-electron chi connectivity index (χ0n) is 12.6. The van der Waals surface area contributed by atoms with Crippen LogP contribution in [0.5, 0.6) is 5.75 Å². The van der Waals surface area contributed by atoms with Gasteiger partial charge in [0.05, 0.1) is 17.9 Å². The van der Waals surface area contributed by atoms with Crippen molar-refractivity contribution >= 4 is 29.3 Å². The number of alkyl halides is 3. The lowest BCUT2D eigenvalue weighted by Crippen LogP contribution is -2.44. The second-order valence-electron chi connectivity index (χ2n) is 5.42. The summed E-state index contributed by atoms with van der Waals surface area (Å²) in [6.45, 7) is -2.13. The number of carbonyl (C=O) groups excluding carboxylic acids is 3. The Hall–Kier alpha value is -2.98. The van der Waals surface area contributed by atoms with Crippen molar-refractivity contribution in [2.24, 2.45) is 5.73 Å². The van der Waals surface area contributed by atoms with Crippen molar-refractivity contribution in [3.05, 3.63) is 18.2 Å². The van der Waals surface area contributed by atoms with Crippen LogP contribution in [0.25, 0.3) is 0 Å². The lowest BCUT2D eigenvalue weighted by atomic mass is 10.2. The molecule has 3 rings (SSSR count). The van der Waals surface area contributed by atoms with E-state index in [-0.39, 0.29) is 23.7 Å². The summed E-state index contributed by atoms with van der Waals surface area (Å²) < 4.78 is 47.9. The topological polar surface area (TPSA) is 102 Å². The maximum absolute atomic E-state index is 12.7. The Morgan fingerprint density at radius 2 is 2.04 bits per heavy atom. The molecule has 2 aliphatic heterocycles. The molecule has 2 N–H and O–H groups in total. The number of primary amides is 1. The quantitative estimate of drug-likeness (QED) is 0.859. The molecule has 0 bridgehead atoms. The van der Waals surface area contributed by atoms with Crippen LogP contribution in [0.2, 0.25) is 0 Å². The summed E-state index contributed by atoms with van der Waals surface area (Å²) in [4.78, 5) is 36.3. The van der Waals surface area contributed by atoms with E-state index in [2.05, 4.69) is 0 Å². The molecule has 0 aliphatic carbocycles. The maximum Gasteiger partial charge on any atom is 0.415 e. The van der Waals surface area contributed by atoms with Crippen molar-refractivity contribution in [2.75, 3.05) is 29.5 Å². The number of anilines is 2. The highest BCUT2D eigenvalue weighted by molar-refractivity contribution is 5.99. The molecule has 1 aromatic rings. The van der Waals surface area contributed by atoms with Gasteiger partial charge in [0.1, 0.15) is 12.3 Å². The number of hydrogen-bond acceptors (Lipinski definition) is 5. The number of ether oxygens (including phenoxy) is 2. The Labute approximate surface area is 138 Å². The smallest absolute Gasteiger partial charge is 0.415 e. The van der Waals surface area contributed by atoms with Gasteiger partial charge < -0.3 is 15.2 Å². The van der Waals surface area contributed by atoms with Gasteiger partial charge >= 0.3 is 12.3 Å². The van der Waals surface area contributed by atoms with Gasteiger partial charge in [0.2, 0.25) is 0 Å². The summed E-state index contributed by atoms with van der Waals surface area (Å²) in [5, 5.41) is 0. The van der Waals surface area contributed by atoms with E-state index in [0.717, 1.165) is 4.90 Å². The second-order valence-corrected chi connectivity index (χ2v) is 5.42. The van der Waals surface area contributed by atoms with E-state index in [4.69, 9.17) is 15.2 Å². The molecule has 11 heteroatoms. The van der Waals surface area contributed by atoms with Crippen molar-refractivity contribution in [3.63, 3.8) is 0 Å². The van der Waals surface area contributed by atoms with E-state index in [1.165, 1.54) is 18.2 Å². The van der Waals surface area contributed by atoms with Gasteiger partial charge in [-0.25, -0.2) is 4.79 Å². The van der Waals surface area contributed by atoms with Gasteiger partial charge in [0, 0.05) is 6.07 Å². The van der Waals surface area contributed by atoms with Gasteiger partial charge in [0.15, 0.2) is 12.7 Å². The standard InChI is InChI=1S/C14H12F3N3O5/c15-14(16,17)6-20-8-2-1-7(3-9(8)24-5-11(20)21)19-4-10(12(18)22)25-13(19)23/h1-3,10H,4-6H2,(H2,18,22). The summed E-state index contributed by atoms with van der Waals surface area (Å²) in [5.74, 6) is -1.63. The summed E-state index contributed by atoms with van der Waals surface area (Å²) in [6, 6.07) is 3.86. The summed E-state index contributed by atoms with van der Waals surface area (Å²) in [5.41, 5.74) is 5.27. The van der Waals surface area contributed by atoms with Crippen molar-refractivity contribution in [1.29, 1.82) is 0 Å². The number of hydrogen-bond donors (Lipinski definition) is 1. The molecule has 1 saturated heterocycles. The molecule has 3 amide bonds. The number of rotatable bonds is 3. The van der Waals surface area contributed by atoms with Gasteiger partial charge in [-0.05, 0) is 12.1 Å². The number of nitrogens with two attached hydrogens (primary N) is 1. The van der Waals surface area contributed by atoms with Gasteiger partial charge in [-0.3, -0.25) is 19.4 Å². The van der Waals surface area contributed by atoms with Crippen LogP contribution in [0.3, 0.4) is 0 Å². The fraction of sp³-hybridized carbons (Fsp3) is 0.357. The molecule has 134 valence electrons. The maximum atomic E-state index is 12.7. The van der Waals surface area contributed by atoms with E-state index in [0.29, 0.717) is 4.90 Å². The van der Waals surface area contributed by atoms with Crippen molar-refractivity contribution in [1.82, 2.24) is 0 Å². The molecule has 1 fully saturated rings. The summed E-state index contributed by atoms with van der Waals surface area (Å²) in [7, 11) is 0. The highest BCUT2D eigenvalue weighted by atomic mass is 19.4. The minimum atomic E-state index is -4.57. The van der Waals surface area contributed by atoms with Crippen LogP contribution in [0, 0.1) is 0 Å². The molecule has 1 atom stereocenters. The number of carbonyl (C=O) groups is 3. The van der Waals surface area contributed by atoms with Gasteiger partial charge in [0.25, 0.3) is 11.8 Å². The zero-order valence-corrected chi connectivity index (χ0v) is 12.6. The first-order valence-corrected chi connectivity index (χ1v) is 7.07. The average Bonchev–Trinajstić information content (AvgIpc) is 2.91. The predicted molar refractivity (Wildman–Crippen MR) is 77.2 cm³/mol. The Morgan fingerprint density at radius 1 is 1.32 bits per heavy atom. The molecule has 1 aromatic carbocycles. The van der Waals surface area contributed by atoms with Gasteiger partial charge in [-0.2, -0.15) is 13.2 Å². The average molecular weight is 359 g/mol. The fourth-order valence-electron chi connectivity index (χ4n) is 2.54. The SMILES string of the molecule is NC(=O)C1CN(c2ccc3c(c2)OCC(=O)N3CC(F)(F)F)C(=O)O1. The lowest BCUT2D eigenvalue weighted by Gasteiger charge is -2.30. The fourth-order valence-corrected chi connectivity index (χ4v) is 2.54. The first kappa shape index (κ1) is 16.9. The normalized spacial score (nSPS) is 20.2. The molecule has 0 aromatic heterocycles. The van der Waals surface area contributed by atoms with Crippen LogP contribution in [-0.2, 0) is 14.3 Å². The van der Waals surface area contributed by atoms with Gasteiger partial charge in [-0.1, -0.05) is 0 Å². The summed E-state index contributed by atoms with van der Waals surface area (Å²) in [6.07, 6.45) is -6.51. The number of cyclic esters (lactones) is 1. The first-order valence-electron chi connectivity index (χ1n) is 7.07. The highest BCUT2D eigenvalue weighted by Gasteiger charge is 2.39. The van der Waals surface area contributed by atoms with Crippen molar-refractivity contribution in [2.45, 2.75) is 12.3 Å². The van der Waals surface area contributed by atoms with Crippen molar-refractivity contribution < 1.29 is 37.0 Å². The minimum absolute atomic E-state index is 0.0108. The van der Waals surface area contributed by atoms with Crippen LogP contribution < -0.4 is 20.3 Å². The van der Waals surface area contributed by atoms with E-state index in [9.17, 15) is 27.6 Å². The van der Waals surface area contributed by atoms with E-state index in [1.807, 2.05) is 0 Å². The summed E-state index contributed by atoms with van der Waals surface area (Å²) >= 11 is 0. The third-order valence-electron chi connectivity index (χ3n) is 3.66. The van der Waals surface area contributed by atoms with Crippen LogP contribution in [-0.4, -0.2) is 49.9 Å². The molecule has 0 spiro atoms. The van der Waals surface area contributed by atoms with Crippen molar-refractivity contribution in [3.8, 4) is 5.75 Å². The van der Waals surface area contributed by atoms with Crippen LogP contribution in [0.15, 0.2) is 18.2 Å². The van der Waals surface area contributed by atoms with E-state index >= 15 is 0 Å². The lowest BCUT2D eigenvalue weighted by molar-refractivity contribution is -0.134. The van der Waals surface area contributed by atoms with Crippen LogP contribution in [0.4, 0.5) is 29.3 Å². The number of nitrogens with zero attached hydrogens (tertiary/aromatic N) is 2. The molecular weight excluding hydrogens is 347 g/mol. The highest BCUT2D eigenvalue weighted by Crippen LogP contribution is 2.37. The monoisotopic (exact) mass is 359 g/mol. The molecule has 2 aliphatic rings. The molecular formula is C14H12F3N3O5. The third kappa shape index (κ3) is 3.30. The second kappa shape index (κ2) is 5.83. The Balaban J connectivity index is 1.89. The molecule has 8 nitrogen and oxygen atoms in total.